The molecule has 2 rings (SSSR count). The Morgan fingerprint density at radius 3 is 2.04 bits per heavy atom. The first-order valence-electron chi connectivity index (χ1n) is 10.1. The zero-order valence-electron chi connectivity index (χ0n) is 16.6. The maximum atomic E-state index is 12.6. The summed E-state index contributed by atoms with van der Waals surface area (Å²) in [6, 6.07) is 0.436. The van der Waals surface area contributed by atoms with E-state index in [4.69, 9.17) is 0 Å². The minimum atomic E-state index is 0.345. The van der Waals surface area contributed by atoms with Crippen molar-refractivity contribution in [3.8, 4) is 0 Å². The number of piperazine rings is 1. The monoisotopic (exact) mass is 337 g/mol. The lowest BCUT2D eigenvalue weighted by Crippen LogP contribution is -2.53. The molecule has 2 saturated heterocycles. The largest absolute Gasteiger partial charge is 0.339 e. The Kier molecular flexibility index (Phi) is 7.55. The molecule has 0 aliphatic carbocycles. The molecule has 24 heavy (non-hydrogen) atoms. The number of rotatable bonds is 6. The third-order valence-electron chi connectivity index (χ3n) is 6.13. The molecule has 140 valence electrons. The SMILES string of the molecule is CC(C)C(CN1CCN(CC(=O)N2CCCCC2C)CC1)C(C)C. The molecule has 1 amide bonds. The van der Waals surface area contributed by atoms with Gasteiger partial charge in [0.05, 0.1) is 6.54 Å². The van der Waals surface area contributed by atoms with E-state index in [1.54, 1.807) is 0 Å². The van der Waals surface area contributed by atoms with Crippen molar-refractivity contribution >= 4 is 5.91 Å². The molecule has 0 radical (unpaired) electrons. The van der Waals surface area contributed by atoms with Crippen molar-refractivity contribution in [2.24, 2.45) is 17.8 Å². The number of carbonyl (C=O) groups excluding carboxylic acids is 1. The van der Waals surface area contributed by atoms with Crippen molar-refractivity contribution in [1.29, 1.82) is 0 Å². The van der Waals surface area contributed by atoms with Gasteiger partial charge in [-0.2, -0.15) is 0 Å². The van der Waals surface area contributed by atoms with Crippen molar-refractivity contribution in [2.45, 2.75) is 59.9 Å². The van der Waals surface area contributed by atoms with Crippen LogP contribution in [0.1, 0.15) is 53.9 Å². The second kappa shape index (κ2) is 9.19. The molecule has 1 atom stereocenters. The molecule has 0 N–H and O–H groups in total. The van der Waals surface area contributed by atoms with Gasteiger partial charge in [0.15, 0.2) is 0 Å². The second-order valence-corrected chi connectivity index (χ2v) is 8.66. The second-order valence-electron chi connectivity index (χ2n) is 8.66. The highest BCUT2D eigenvalue weighted by Crippen LogP contribution is 2.22. The molecule has 0 aromatic heterocycles. The zero-order chi connectivity index (χ0) is 17.7. The average Bonchev–Trinajstić information content (AvgIpc) is 2.53. The Balaban J connectivity index is 1.75. The van der Waals surface area contributed by atoms with Crippen LogP contribution < -0.4 is 0 Å². The molecule has 0 saturated carbocycles. The number of carbonyl (C=O) groups is 1. The minimum absolute atomic E-state index is 0.345. The van der Waals surface area contributed by atoms with Gasteiger partial charge in [-0.25, -0.2) is 0 Å². The molecule has 0 spiro atoms. The van der Waals surface area contributed by atoms with Gasteiger partial charge in [0, 0.05) is 45.3 Å². The summed E-state index contributed by atoms with van der Waals surface area (Å²) in [6.45, 7) is 18.7. The number of hydrogen-bond acceptors (Lipinski definition) is 3. The van der Waals surface area contributed by atoms with Gasteiger partial charge in [0.25, 0.3) is 0 Å². The Labute approximate surface area is 149 Å². The van der Waals surface area contributed by atoms with Crippen LogP contribution in [0.5, 0.6) is 0 Å². The van der Waals surface area contributed by atoms with E-state index in [1.165, 1.54) is 25.8 Å². The molecule has 1 unspecified atom stereocenters. The van der Waals surface area contributed by atoms with Gasteiger partial charge in [-0.1, -0.05) is 27.7 Å². The predicted molar refractivity (Wildman–Crippen MR) is 101 cm³/mol. The van der Waals surface area contributed by atoms with Crippen LogP contribution in [0.3, 0.4) is 0 Å². The Bertz CT molecular complexity index is 380. The summed E-state index contributed by atoms with van der Waals surface area (Å²) in [5.74, 6) is 2.60. The summed E-state index contributed by atoms with van der Waals surface area (Å²) in [7, 11) is 0. The highest BCUT2D eigenvalue weighted by molar-refractivity contribution is 5.78. The van der Waals surface area contributed by atoms with Crippen molar-refractivity contribution in [3.63, 3.8) is 0 Å². The predicted octanol–water partition coefficient (Wildman–Crippen LogP) is 2.93. The first kappa shape index (κ1) is 19.7. The van der Waals surface area contributed by atoms with Crippen LogP contribution in [0, 0.1) is 17.8 Å². The van der Waals surface area contributed by atoms with Crippen LogP contribution >= 0.6 is 0 Å². The van der Waals surface area contributed by atoms with Crippen LogP contribution in [0.15, 0.2) is 0 Å². The zero-order valence-corrected chi connectivity index (χ0v) is 16.6. The van der Waals surface area contributed by atoms with E-state index in [1.807, 2.05) is 0 Å². The van der Waals surface area contributed by atoms with Gasteiger partial charge in [-0.15, -0.1) is 0 Å². The van der Waals surface area contributed by atoms with Gasteiger partial charge in [-0.05, 0) is 43.9 Å². The van der Waals surface area contributed by atoms with Crippen LogP contribution in [0.2, 0.25) is 0 Å². The highest BCUT2D eigenvalue weighted by atomic mass is 16.2. The molecule has 2 aliphatic heterocycles. The molecule has 0 bridgehead atoms. The van der Waals surface area contributed by atoms with Crippen LogP contribution in [0.25, 0.3) is 0 Å². The van der Waals surface area contributed by atoms with Crippen LogP contribution in [-0.4, -0.2) is 72.5 Å². The first-order valence-corrected chi connectivity index (χ1v) is 10.1. The van der Waals surface area contributed by atoms with E-state index < -0.39 is 0 Å². The third-order valence-corrected chi connectivity index (χ3v) is 6.13. The topological polar surface area (TPSA) is 26.8 Å². The molecule has 2 heterocycles. The molecule has 4 heteroatoms. The molecule has 4 nitrogen and oxygen atoms in total. The van der Waals surface area contributed by atoms with Gasteiger partial charge >= 0.3 is 0 Å². The molecule has 2 aliphatic rings. The quantitative estimate of drug-likeness (QED) is 0.745. The number of hydrogen-bond donors (Lipinski definition) is 0. The smallest absolute Gasteiger partial charge is 0.236 e. The maximum Gasteiger partial charge on any atom is 0.236 e. The fourth-order valence-electron chi connectivity index (χ4n) is 4.37. The normalized spacial score (nSPS) is 24.3. The fourth-order valence-corrected chi connectivity index (χ4v) is 4.37. The lowest BCUT2D eigenvalue weighted by Gasteiger charge is -2.39. The maximum absolute atomic E-state index is 12.6. The summed E-state index contributed by atoms with van der Waals surface area (Å²) >= 11 is 0. The Morgan fingerprint density at radius 2 is 1.50 bits per heavy atom. The van der Waals surface area contributed by atoms with Crippen LogP contribution in [-0.2, 0) is 4.79 Å². The Morgan fingerprint density at radius 1 is 0.917 bits per heavy atom. The van der Waals surface area contributed by atoms with Gasteiger partial charge in [-0.3, -0.25) is 9.69 Å². The third kappa shape index (κ3) is 5.45. The number of nitrogens with zero attached hydrogens (tertiary/aromatic N) is 3. The van der Waals surface area contributed by atoms with E-state index in [-0.39, 0.29) is 0 Å². The number of amides is 1. The molecular formula is C20H39N3O. The summed E-state index contributed by atoms with van der Waals surface area (Å²) in [4.78, 5) is 19.7. The molecule has 0 aromatic rings. The summed E-state index contributed by atoms with van der Waals surface area (Å²) in [5, 5.41) is 0. The van der Waals surface area contributed by atoms with E-state index in [9.17, 15) is 4.79 Å². The first-order chi connectivity index (χ1) is 11.4. The van der Waals surface area contributed by atoms with Crippen molar-refractivity contribution in [1.82, 2.24) is 14.7 Å². The lowest BCUT2D eigenvalue weighted by atomic mass is 9.85. The van der Waals surface area contributed by atoms with Gasteiger partial charge in [0.2, 0.25) is 5.91 Å². The van der Waals surface area contributed by atoms with Crippen molar-refractivity contribution < 1.29 is 4.79 Å². The molecule has 0 aromatic carbocycles. The average molecular weight is 338 g/mol. The van der Waals surface area contributed by atoms with Crippen molar-refractivity contribution in [3.05, 3.63) is 0 Å². The van der Waals surface area contributed by atoms with E-state index in [0.29, 0.717) is 18.5 Å². The number of likely N-dealkylation sites (tertiary alicyclic amines) is 1. The van der Waals surface area contributed by atoms with Gasteiger partial charge in [0.1, 0.15) is 0 Å². The Hall–Kier alpha value is -0.610. The highest BCUT2D eigenvalue weighted by Gasteiger charge is 2.27. The summed E-state index contributed by atoms with van der Waals surface area (Å²) in [5.41, 5.74) is 0. The van der Waals surface area contributed by atoms with E-state index in [2.05, 4.69) is 49.3 Å². The standard InChI is InChI=1S/C20H39N3O/c1-16(2)19(17(3)4)14-21-10-12-22(13-11-21)15-20(24)23-9-7-6-8-18(23)5/h16-19H,6-15H2,1-5H3. The van der Waals surface area contributed by atoms with E-state index in [0.717, 1.165) is 50.5 Å². The lowest BCUT2D eigenvalue weighted by molar-refractivity contribution is -0.136. The molecule has 2 fully saturated rings. The number of piperidine rings is 1. The van der Waals surface area contributed by atoms with Crippen molar-refractivity contribution in [2.75, 3.05) is 45.8 Å². The summed E-state index contributed by atoms with van der Waals surface area (Å²) < 4.78 is 0. The van der Waals surface area contributed by atoms with E-state index >= 15 is 0 Å². The minimum Gasteiger partial charge on any atom is -0.339 e. The fraction of sp³-hybridized carbons (Fsp3) is 0.950. The van der Waals surface area contributed by atoms with Gasteiger partial charge < -0.3 is 9.80 Å². The summed E-state index contributed by atoms with van der Waals surface area (Å²) in [6.07, 6.45) is 3.62. The molecular weight excluding hydrogens is 298 g/mol. The van der Waals surface area contributed by atoms with Crippen LogP contribution in [0.4, 0.5) is 0 Å².